The second-order valence-electron chi connectivity index (χ2n) is 5.55. The van der Waals surface area contributed by atoms with Gasteiger partial charge in [-0.2, -0.15) is 0 Å². The van der Waals surface area contributed by atoms with Gasteiger partial charge in [0.15, 0.2) is 0 Å². The predicted molar refractivity (Wildman–Crippen MR) is 92.0 cm³/mol. The van der Waals surface area contributed by atoms with E-state index in [0.717, 1.165) is 16.7 Å². The van der Waals surface area contributed by atoms with E-state index in [1.54, 1.807) is 24.3 Å². The molecule has 24 heavy (non-hydrogen) atoms. The Kier molecular flexibility index (Phi) is 4.66. The molecule has 0 unspecified atom stereocenters. The third-order valence-electron chi connectivity index (χ3n) is 3.87. The van der Waals surface area contributed by atoms with Gasteiger partial charge in [-0.3, -0.25) is 9.78 Å². The summed E-state index contributed by atoms with van der Waals surface area (Å²) in [4.78, 5) is 16.5. The van der Waals surface area contributed by atoms with Crippen molar-refractivity contribution < 1.29 is 9.18 Å². The molecule has 0 spiro atoms. The van der Waals surface area contributed by atoms with Gasteiger partial charge in [-0.1, -0.05) is 24.3 Å². The molecular weight excluding hydrogens is 303 g/mol. The Balaban J connectivity index is 1.68. The molecule has 0 aliphatic carbocycles. The van der Waals surface area contributed by atoms with E-state index >= 15 is 0 Å². The molecule has 0 saturated carbocycles. The SMILES string of the molecule is Cc1ccccc1CNC(=O)c1ccc(-c2ccc(F)cc2)nc1. The molecule has 0 atom stereocenters. The van der Waals surface area contributed by atoms with Crippen LogP contribution in [-0.2, 0) is 6.54 Å². The highest BCUT2D eigenvalue weighted by molar-refractivity contribution is 5.94. The molecule has 0 saturated heterocycles. The largest absolute Gasteiger partial charge is 0.348 e. The highest BCUT2D eigenvalue weighted by Crippen LogP contribution is 2.17. The molecule has 3 rings (SSSR count). The molecule has 2 aromatic carbocycles. The topological polar surface area (TPSA) is 42.0 Å². The fourth-order valence-corrected chi connectivity index (χ4v) is 2.41. The van der Waals surface area contributed by atoms with E-state index in [4.69, 9.17) is 0 Å². The van der Waals surface area contributed by atoms with Gasteiger partial charge in [-0.05, 0) is 54.4 Å². The molecular formula is C20H17FN2O. The predicted octanol–water partition coefficient (Wildman–Crippen LogP) is 4.13. The van der Waals surface area contributed by atoms with Crippen LogP contribution in [0.5, 0.6) is 0 Å². The number of carbonyl (C=O) groups is 1. The van der Waals surface area contributed by atoms with Gasteiger partial charge < -0.3 is 5.32 Å². The number of pyridine rings is 1. The first-order chi connectivity index (χ1) is 11.6. The summed E-state index contributed by atoms with van der Waals surface area (Å²) in [7, 11) is 0. The smallest absolute Gasteiger partial charge is 0.253 e. The minimum absolute atomic E-state index is 0.170. The number of hydrogen-bond donors (Lipinski definition) is 1. The summed E-state index contributed by atoms with van der Waals surface area (Å²) in [6.45, 7) is 2.49. The molecule has 0 radical (unpaired) electrons. The monoisotopic (exact) mass is 320 g/mol. The second kappa shape index (κ2) is 7.04. The van der Waals surface area contributed by atoms with Crippen molar-refractivity contribution in [2.75, 3.05) is 0 Å². The summed E-state index contributed by atoms with van der Waals surface area (Å²) in [6, 6.07) is 17.5. The fourth-order valence-electron chi connectivity index (χ4n) is 2.41. The number of nitrogens with zero attached hydrogens (tertiary/aromatic N) is 1. The lowest BCUT2D eigenvalue weighted by atomic mass is 10.1. The van der Waals surface area contributed by atoms with Gasteiger partial charge >= 0.3 is 0 Å². The number of nitrogens with one attached hydrogen (secondary N) is 1. The van der Waals surface area contributed by atoms with Crippen molar-refractivity contribution >= 4 is 5.91 Å². The quantitative estimate of drug-likeness (QED) is 0.785. The average Bonchev–Trinajstić information content (AvgIpc) is 2.62. The molecule has 1 amide bonds. The molecule has 1 aromatic heterocycles. The van der Waals surface area contributed by atoms with Crippen LogP contribution in [0, 0.1) is 12.7 Å². The minimum Gasteiger partial charge on any atom is -0.348 e. The number of hydrogen-bond acceptors (Lipinski definition) is 2. The highest BCUT2D eigenvalue weighted by atomic mass is 19.1. The number of amides is 1. The van der Waals surface area contributed by atoms with Gasteiger partial charge in [-0.15, -0.1) is 0 Å². The number of rotatable bonds is 4. The van der Waals surface area contributed by atoms with Crippen LogP contribution in [0.2, 0.25) is 0 Å². The Morgan fingerprint density at radius 3 is 2.46 bits per heavy atom. The summed E-state index contributed by atoms with van der Waals surface area (Å²) in [6.07, 6.45) is 1.53. The van der Waals surface area contributed by atoms with Crippen LogP contribution in [0.4, 0.5) is 4.39 Å². The first-order valence-corrected chi connectivity index (χ1v) is 7.68. The summed E-state index contributed by atoms with van der Waals surface area (Å²) in [5.41, 5.74) is 4.23. The van der Waals surface area contributed by atoms with E-state index in [1.807, 2.05) is 31.2 Å². The Morgan fingerprint density at radius 1 is 1.04 bits per heavy atom. The van der Waals surface area contributed by atoms with E-state index < -0.39 is 0 Å². The molecule has 120 valence electrons. The van der Waals surface area contributed by atoms with Crippen LogP contribution in [0.3, 0.4) is 0 Å². The van der Waals surface area contributed by atoms with Gasteiger partial charge in [0.25, 0.3) is 5.91 Å². The summed E-state index contributed by atoms with van der Waals surface area (Å²) in [5.74, 6) is -0.456. The van der Waals surface area contributed by atoms with Gasteiger partial charge in [0.05, 0.1) is 11.3 Å². The average molecular weight is 320 g/mol. The van der Waals surface area contributed by atoms with Crippen molar-refractivity contribution in [1.82, 2.24) is 10.3 Å². The van der Waals surface area contributed by atoms with Crippen LogP contribution in [0.15, 0.2) is 66.9 Å². The second-order valence-corrected chi connectivity index (χ2v) is 5.55. The van der Waals surface area contributed by atoms with E-state index in [0.29, 0.717) is 17.8 Å². The van der Waals surface area contributed by atoms with Crippen LogP contribution in [-0.4, -0.2) is 10.9 Å². The van der Waals surface area contributed by atoms with Crippen molar-refractivity contribution in [2.45, 2.75) is 13.5 Å². The summed E-state index contributed by atoms with van der Waals surface area (Å²) < 4.78 is 13.0. The number of benzene rings is 2. The maximum absolute atomic E-state index is 13.0. The first kappa shape index (κ1) is 15.9. The molecule has 1 heterocycles. The summed E-state index contributed by atoms with van der Waals surface area (Å²) in [5, 5.41) is 2.89. The lowest BCUT2D eigenvalue weighted by molar-refractivity contribution is 0.0950. The zero-order valence-corrected chi connectivity index (χ0v) is 13.3. The van der Waals surface area contributed by atoms with Crippen molar-refractivity contribution in [1.29, 1.82) is 0 Å². The normalized spacial score (nSPS) is 10.4. The van der Waals surface area contributed by atoms with E-state index in [1.165, 1.54) is 18.3 Å². The maximum atomic E-state index is 13.0. The lowest BCUT2D eigenvalue weighted by Crippen LogP contribution is -2.23. The molecule has 4 heteroatoms. The molecule has 0 fully saturated rings. The molecule has 0 aliphatic heterocycles. The van der Waals surface area contributed by atoms with Crippen LogP contribution in [0.1, 0.15) is 21.5 Å². The number of aromatic nitrogens is 1. The van der Waals surface area contributed by atoms with E-state index in [9.17, 15) is 9.18 Å². The Bertz CT molecular complexity index is 842. The summed E-state index contributed by atoms with van der Waals surface area (Å²) >= 11 is 0. The molecule has 0 bridgehead atoms. The lowest BCUT2D eigenvalue weighted by Gasteiger charge is -2.08. The third kappa shape index (κ3) is 3.66. The Labute approximate surface area is 140 Å². The Hall–Kier alpha value is -3.01. The van der Waals surface area contributed by atoms with Crippen molar-refractivity contribution in [3.8, 4) is 11.3 Å². The van der Waals surface area contributed by atoms with Gasteiger partial charge in [-0.25, -0.2) is 4.39 Å². The zero-order chi connectivity index (χ0) is 16.9. The number of halogens is 1. The van der Waals surface area contributed by atoms with Crippen molar-refractivity contribution in [3.63, 3.8) is 0 Å². The number of carbonyl (C=O) groups excluding carboxylic acids is 1. The van der Waals surface area contributed by atoms with E-state index in [2.05, 4.69) is 10.3 Å². The van der Waals surface area contributed by atoms with Crippen molar-refractivity contribution in [3.05, 3.63) is 89.4 Å². The molecule has 0 aliphatic rings. The minimum atomic E-state index is -0.286. The first-order valence-electron chi connectivity index (χ1n) is 7.68. The fraction of sp³-hybridized carbons (Fsp3) is 0.100. The molecule has 1 N–H and O–H groups in total. The van der Waals surface area contributed by atoms with Crippen LogP contribution >= 0.6 is 0 Å². The zero-order valence-electron chi connectivity index (χ0n) is 13.3. The molecule has 3 nitrogen and oxygen atoms in total. The molecule has 3 aromatic rings. The van der Waals surface area contributed by atoms with Gasteiger partial charge in [0.2, 0.25) is 0 Å². The van der Waals surface area contributed by atoms with Crippen LogP contribution < -0.4 is 5.32 Å². The third-order valence-corrected chi connectivity index (χ3v) is 3.87. The highest BCUT2D eigenvalue weighted by Gasteiger charge is 2.07. The van der Waals surface area contributed by atoms with Crippen molar-refractivity contribution in [2.24, 2.45) is 0 Å². The standard InChI is InChI=1S/C20H17FN2O/c1-14-4-2-3-5-16(14)12-23-20(24)17-8-11-19(22-13-17)15-6-9-18(21)10-7-15/h2-11,13H,12H2,1H3,(H,23,24). The van der Waals surface area contributed by atoms with Gasteiger partial charge in [0, 0.05) is 18.3 Å². The van der Waals surface area contributed by atoms with Crippen LogP contribution in [0.25, 0.3) is 11.3 Å². The Morgan fingerprint density at radius 2 is 1.79 bits per heavy atom. The van der Waals surface area contributed by atoms with Gasteiger partial charge in [0.1, 0.15) is 5.82 Å². The maximum Gasteiger partial charge on any atom is 0.253 e. The number of aryl methyl sites for hydroxylation is 1. The van der Waals surface area contributed by atoms with E-state index in [-0.39, 0.29) is 11.7 Å².